The van der Waals surface area contributed by atoms with Crippen LogP contribution >= 0.6 is 0 Å². The normalized spacial score (nSPS) is 10.4. The zero-order valence-electron chi connectivity index (χ0n) is 8.01. The summed E-state index contributed by atoms with van der Waals surface area (Å²) in [7, 11) is 0. The minimum Gasteiger partial charge on any atom is -0.368 e. The Morgan fingerprint density at radius 2 is 2.13 bits per heavy atom. The van der Waals surface area contributed by atoms with Crippen molar-refractivity contribution < 1.29 is 9.59 Å². The lowest BCUT2D eigenvalue weighted by Gasteiger charge is -2.00. The molecule has 0 radical (unpaired) electrons. The van der Waals surface area contributed by atoms with Gasteiger partial charge in [-0.2, -0.15) is 0 Å². The average Bonchev–Trinajstić information content (AvgIpc) is 2.56. The van der Waals surface area contributed by atoms with Gasteiger partial charge in [0.25, 0.3) is 0 Å². The zero-order chi connectivity index (χ0) is 10.8. The maximum absolute atomic E-state index is 10.8. The van der Waals surface area contributed by atoms with Crippen molar-refractivity contribution in [1.82, 2.24) is 4.57 Å². The zero-order valence-corrected chi connectivity index (χ0v) is 8.01. The van der Waals surface area contributed by atoms with E-state index in [9.17, 15) is 9.59 Å². The molecule has 0 saturated heterocycles. The van der Waals surface area contributed by atoms with Crippen LogP contribution in [0.2, 0.25) is 0 Å². The second-order valence-electron chi connectivity index (χ2n) is 3.31. The Kier molecular flexibility index (Phi) is 2.25. The van der Waals surface area contributed by atoms with Crippen LogP contribution in [0.5, 0.6) is 0 Å². The molecule has 1 heterocycles. The van der Waals surface area contributed by atoms with Crippen LogP contribution in [0.15, 0.2) is 30.5 Å². The summed E-state index contributed by atoms with van der Waals surface area (Å²) >= 11 is 0. The minimum atomic E-state index is -0.423. The van der Waals surface area contributed by atoms with Gasteiger partial charge < -0.3 is 10.3 Å². The molecule has 1 aromatic carbocycles. The van der Waals surface area contributed by atoms with Gasteiger partial charge in [-0.1, -0.05) is 18.2 Å². The van der Waals surface area contributed by atoms with Crippen molar-refractivity contribution in [1.29, 1.82) is 0 Å². The van der Waals surface area contributed by atoms with Crippen LogP contribution in [-0.4, -0.2) is 16.8 Å². The van der Waals surface area contributed by atoms with Crippen LogP contribution in [-0.2, 0) is 11.3 Å². The molecule has 15 heavy (non-hydrogen) atoms. The summed E-state index contributed by atoms with van der Waals surface area (Å²) in [5.74, 6) is -0.423. The summed E-state index contributed by atoms with van der Waals surface area (Å²) in [5.41, 5.74) is 6.54. The van der Waals surface area contributed by atoms with Gasteiger partial charge in [-0.05, 0) is 6.07 Å². The molecule has 1 aromatic heterocycles. The number of fused-ring (bicyclic) bond motifs is 1. The molecule has 4 heteroatoms. The Labute approximate surface area is 86.3 Å². The van der Waals surface area contributed by atoms with E-state index in [0.717, 1.165) is 17.2 Å². The van der Waals surface area contributed by atoms with E-state index < -0.39 is 5.91 Å². The number of nitrogens with two attached hydrogens (primary N) is 1. The molecule has 0 unspecified atom stereocenters. The lowest BCUT2D eigenvalue weighted by molar-refractivity contribution is -0.118. The molecular formula is C11H10N2O2. The van der Waals surface area contributed by atoms with E-state index in [1.807, 2.05) is 24.3 Å². The molecule has 0 aliphatic carbocycles. The first-order valence-corrected chi connectivity index (χ1v) is 4.53. The predicted octanol–water partition coefficient (Wildman–Crippen LogP) is 0.939. The summed E-state index contributed by atoms with van der Waals surface area (Å²) in [5, 5.41) is 0.841. The molecule has 0 fully saturated rings. The van der Waals surface area contributed by atoms with Crippen molar-refractivity contribution >= 4 is 23.1 Å². The summed E-state index contributed by atoms with van der Waals surface area (Å²) in [4.78, 5) is 21.6. The number of amides is 1. The monoisotopic (exact) mass is 202 g/mol. The highest BCUT2D eigenvalue weighted by Gasteiger charge is 2.07. The van der Waals surface area contributed by atoms with Gasteiger partial charge in [0.2, 0.25) is 5.91 Å². The molecule has 2 rings (SSSR count). The molecule has 4 nitrogen and oxygen atoms in total. The summed E-state index contributed by atoms with van der Waals surface area (Å²) in [6.07, 6.45) is 2.42. The van der Waals surface area contributed by atoms with Gasteiger partial charge in [0.05, 0.1) is 0 Å². The predicted molar refractivity (Wildman–Crippen MR) is 56.5 cm³/mol. The molecule has 2 N–H and O–H groups in total. The molecule has 0 saturated carbocycles. The fourth-order valence-corrected chi connectivity index (χ4v) is 1.67. The number of rotatable bonds is 3. The van der Waals surface area contributed by atoms with Crippen LogP contribution in [0, 0.1) is 0 Å². The van der Waals surface area contributed by atoms with Gasteiger partial charge in [0.15, 0.2) is 6.29 Å². The molecule has 0 spiro atoms. The van der Waals surface area contributed by atoms with E-state index in [1.54, 1.807) is 10.8 Å². The summed E-state index contributed by atoms with van der Waals surface area (Å²) in [6, 6.07) is 7.40. The van der Waals surface area contributed by atoms with Crippen LogP contribution in [0.4, 0.5) is 0 Å². The van der Waals surface area contributed by atoms with E-state index in [2.05, 4.69) is 0 Å². The lowest BCUT2D eigenvalue weighted by Crippen LogP contribution is -2.17. The number of hydrogen-bond donors (Lipinski definition) is 1. The first-order valence-electron chi connectivity index (χ1n) is 4.53. The second-order valence-corrected chi connectivity index (χ2v) is 3.31. The number of benzene rings is 1. The number of primary amides is 1. The Bertz CT molecular complexity index is 528. The molecule has 0 bridgehead atoms. The van der Waals surface area contributed by atoms with Gasteiger partial charge in [-0.3, -0.25) is 9.59 Å². The van der Waals surface area contributed by atoms with Crippen molar-refractivity contribution in [3.05, 3.63) is 36.0 Å². The highest BCUT2D eigenvalue weighted by molar-refractivity contribution is 5.98. The first kappa shape index (κ1) is 9.45. The largest absolute Gasteiger partial charge is 0.368 e. The summed E-state index contributed by atoms with van der Waals surface area (Å²) in [6.45, 7) is 0.0916. The van der Waals surface area contributed by atoms with Crippen molar-refractivity contribution in [3.8, 4) is 0 Å². The number of aldehydes is 1. The minimum absolute atomic E-state index is 0.0916. The highest BCUT2D eigenvalue weighted by Crippen LogP contribution is 2.19. The number of para-hydroxylation sites is 1. The fraction of sp³-hybridized carbons (Fsp3) is 0.0909. The molecule has 2 aromatic rings. The number of nitrogens with zero attached hydrogens (tertiary/aromatic N) is 1. The lowest BCUT2D eigenvalue weighted by atomic mass is 10.2. The SMILES string of the molecule is NC(=O)Cn1cc(C=O)c2ccccc21. The highest BCUT2D eigenvalue weighted by atomic mass is 16.1. The molecule has 0 atom stereocenters. The van der Waals surface area contributed by atoms with E-state index in [-0.39, 0.29) is 6.54 Å². The van der Waals surface area contributed by atoms with Crippen molar-refractivity contribution in [2.24, 2.45) is 5.73 Å². The fourth-order valence-electron chi connectivity index (χ4n) is 1.67. The van der Waals surface area contributed by atoms with E-state index >= 15 is 0 Å². The van der Waals surface area contributed by atoms with Crippen LogP contribution < -0.4 is 5.73 Å². The topological polar surface area (TPSA) is 65.1 Å². The molecule has 0 aliphatic rings. The van der Waals surface area contributed by atoms with Crippen molar-refractivity contribution in [2.75, 3.05) is 0 Å². The third kappa shape index (κ3) is 1.61. The van der Waals surface area contributed by atoms with Gasteiger partial charge >= 0.3 is 0 Å². The van der Waals surface area contributed by atoms with Crippen LogP contribution in [0.1, 0.15) is 10.4 Å². The molecule has 1 amide bonds. The third-order valence-corrected chi connectivity index (χ3v) is 2.27. The Morgan fingerprint density at radius 3 is 2.80 bits per heavy atom. The van der Waals surface area contributed by atoms with E-state index in [1.165, 1.54) is 0 Å². The van der Waals surface area contributed by atoms with Gasteiger partial charge in [0, 0.05) is 22.7 Å². The third-order valence-electron chi connectivity index (χ3n) is 2.27. The maximum Gasteiger partial charge on any atom is 0.237 e. The maximum atomic E-state index is 10.8. The number of carbonyl (C=O) groups is 2. The van der Waals surface area contributed by atoms with Gasteiger partial charge in [-0.25, -0.2) is 0 Å². The average molecular weight is 202 g/mol. The molecule has 0 aliphatic heterocycles. The van der Waals surface area contributed by atoms with E-state index in [4.69, 9.17) is 5.73 Å². The Hall–Kier alpha value is -2.10. The second kappa shape index (κ2) is 3.57. The van der Waals surface area contributed by atoms with Crippen molar-refractivity contribution in [3.63, 3.8) is 0 Å². The van der Waals surface area contributed by atoms with Gasteiger partial charge in [-0.15, -0.1) is 0 Å². The number of carbonyl (C=O) groups excluding carboxylic acids is 2. The van der Waals surface area contributed by atoms with Crippen LogP contribution in [0.3, 0.4) is 0 Å². The molecule has 76 valence electrons. The Morgan fingerprint density at radius 1 is 1.40 bits per heavy atom. The van der Waals surface area contributed by atoms with E-state index in [0.29, 0.717) is 5.56 Å². The van der Waals surface area contributed by atoms with Crippen molar-refractivity contribution in [2.45, 2.75) is 6.54 Å². The van der Waals surface area contributed by atoms with Crippen LogP contribution in [0.25, 0.3) is 10.9 Å². The summed E-state index contributed by atoms with van der Waals surface area (Å²) < 4.78 is 1.68. The smallest absolute Gasteiger partial charge is 0.237 e. The first-order chi connectivity index (χ1) is 7.22. The standard InChI is InChI=1S/C11H10N2O2/c12-11(15)6-13-5-8(7-14)9-3-1-2-4-10(9)13/h1-5,7H,6H2,(H2,12,15). The Balaban J connectivity index is 2.64. The number of hydrogen-bond acceptors (Lipinski definition) is 2. The quantitative estimate of drug-likeness (QED) is 0.753. The van der Waals surface area contributed by atoms with Gasteiger partial charge in [0.1, 0.15) is 6.54 Å². The molecular weight excluding hydrogens is 192 g/mol. The number of aromatic nitrogens is 1.